The van der Waals surface area contributed by atoms with E-state index in [0.29, 0.717) is 10.8 Å². The monoisotopic (exact) mass is 315 g/mol. The molecule has 0 bridgehead atoms. The Morgan fingerprint density at radius 3 is 2.86 bits per heavy atom. The molecule has 3 rings (SSSR count). The molecule has 0 saturated carbocycles. The second-order valence-electron chi connectivity index (χ2n) is 4.55. The molecule has 4 nitrogen and oxygen atoms in total. The lowest BCUT2D eigenvalue weighted by atomic mass is 10.1. The molecule has 21 heavy (non-hydrogen) atoms. The van der Waals surface area contributed by atoms with Crippen molar-refractivity contribution in [3.8, 4) is 11.3 Å². The maximum absolute atomic E-state index is 12.1. The topological polar surface area (TPSA) is 68.0 Å². The highest BCUT2D eigenvalue weighted by Gasteiger charge is 2.13. The molecular formula is C15H13N3OS2. The van der Waals surface area contributed by atoms with Gasteiger partial charge in [-0.25, -0.2) is 4.98 Å². The fourth-order valence-corrected chi connectivity index (χ4v) is 3.46. The third-order valence-corrected chi connectivity index (χ3v) is 4.75. The zero-order chi connectivity index (χ0) is 14.8. The van der Waals surface area contributed by atoms with Crippen molar-refractivity contribution >= 4 is 39.4 Å². The van der Waals surface area contributed by atoms with Crippen molar-refractivity contribution in [2.45, 2.75) is 6.92 Å². The smallest absolute Gasteiger partial charge is 0.267 e. The van der Waals surface area contributed by atoms with E-state index >= 15 is 0 Å². The number of nitrogens with zero attached hydrogens (tertiary/aromatic N) is 1. The van der Waals surface area contributed by atoms with Gasteiger partial charge in [-0.05, 0) is 36.1 Å². The van der Waals surface area contributed by atoms with Crippen LogP contribution in [0.4, 0.5) is 10.8 Å². The molecule has 0 spiro atoms. The number of nitrogens with two attached hydrogens (primary N) is 1. The Bertz CT molecular complexity index is 792. The third-order valence-electron chi connectivity index (χ3n) is 2.98. The van der Waals surface area contributed by atoms with Crippen LogP contribution in [0.1, 0.15) is 15.2 Å². The zero-order valence-corrected chi connectivity index (χ0v) is 12.9. The van der Waals surface area contributed by atoms with Crippen LogP contribution in [-0.2, 0) is 0 Å². The summed E-state index contributed by atoms with van der Waals surface area (Å²) in [6.07, 6.45) is 0. The Kier molecular flexibility index (Phi) is 3.72. The summed E-state index contributed by atoms with van der Waals surface area (Å²) in [5, 5.41) is 7.24. The first-order valence-electron chi connectivity index (χ1n) is 6.30. The van der Waals surface area contributed by atoms with E-state index in [1.54, 1.807) is 0 Å². The Morgan fingerprint density at radius 1 is 1.29 bits per heavy atom. The number of nitrogens with one attached hydrogen (secondary N) is 1. The van der Waals surface area contributed by atoms with E-state index in [2.05, 4.69) is 10.3 Å². The number of carbonyl (C=O) groups excluding carboxylic acids is 1. The number of nitrogen functional groups attached to an aromatic ring is 1. The number of thiophene rings is 1. The predicted octanol–water partition coefficient (Wildman–Crippen LogP) is 4.01. The van der Waals surface area contributed by atoms with Gasteiger partial charge in [-0.15, -0.1) is 22.7 Å². The number of rotatable bonds is 3. The molecule has 0 aliphatic rings. The highest BCUT2D eigenvalue weighted by Crippen LogP contribution is 2.27. The van der Waals surface area contributed by atoms with Gasteiger partial charge in [-0.3, -0.25) is 10.1 Å². The summed E-state index contributed by atoms with van der Waals surface area (Å²) in [6.45, 7) is 1.92. The quantitative estimate of drug-likeness (QED) is 0.717. The van der Waals surface area contributed by atoms with Crippen LogP contribution in [0.2, 0.25) is 0 Å². The van der Waals surface area contributed by atoms with E-state index in [9.17, 15) is 4.79 Å². The molecule has 0 aliphatic carbocycles. The van der Waals surface area contributed by atoms with Crippen LogP contribution in [-0.4, -0.2) is 10.9 Å². The van der Waals surface area contributed by atoms with Gasteiger partial charge in [0.05, 0.1) is 10.6 Å². The van der Waals surface area contributed by atoms with Gasteiger partial charge in [-0.1, -0.05) is 12.1 Å². The number of benzene rings is 1. The highest BCUT2D eigenvalue weighted by atomic mass is 32.1. The van der Waals surface area contributed by atoms with Crippen LogP contribution in [0.3, 0.4) is 0 Å². The van der Waals surface area contributed by atoms with Crippen molar-refractivity contribution in [1.29, 1.82) is 0 Å². The lowest BCUT2D eigenvalue weighted by molar-refractivity contribution is 0.103. The molecule has 0 saturated heterocycles. The Balaban J connectivity index is 1.80. The van der Waals surface area contributed by atoms with Crippen LogP contribution in [0.25, 0.3) is 11.3 Å². The van der Waals surface area contributed by atoms with Gasteiger partial charge >= 0.3 is 0 Å². The molecule has 0 fully saturated rings. The third kappa shape index (κ3) is 2.96. The van der Waals surface area contributed by atoms with Gasteiger partial charge in [0.25, 0.3) is 5.91 Å². The van der Waals surface area contributed by atoms with Gasteiger partial charge in [-0.2, -0.15) is 0 Å². The molecule has 1 amide bonds. The standard InChI is InChI=1S/C15H13N3OS2/c1-9-5-6-20-13(9)14(19)18-15-17-12(8-21-15)10-3-2-4-11(16)7-10/h2-8H,16H2,1H3,(H,17,18,19). The van der Waals surface area contributed by atoms with Crippen molar-refractivity contribution in [2.24, 2.45) is 0 Å². The van der Waals surface area contributed by atoms with Crippen LogP contribution < -0.4 is 11.1 Å². The summed E-state index contributed by atoms with van der Waals surface area (Å²) in [7, 11) is 0. The molecule has 0 radical (unpaired) electrons. The average molecular weight is 315 g/mol. The lowest BCUT2D eigenvalue weighted by Crippen LogP contribution is -2.10. The summed E-state index contributed by atoms with van der Waals surface area (Å²) < 4.78 is 0. The SMILES string of the molecule is Cc1ccsc1C(=O)Nc1nc(-c2cccc(N)c2)cs1. The largest absolute Gasteiger partial charge is 0.399 e. The van der Waals surface area contributed by atoms with Crippen LogP contribution in [0.5, 0.6) is 0 Å². The molecule has 0 aliphatic heterocycles. The molecular weight excluding hydrogens is 302 g/mol. The second-order valence-corrected chi connectivity index (χ2v) is 6.32. The molecule has 2 aromatic heterocycles. The minimum atomic E-state index is -0.115. The van der Waals surface area contributed by atoms with E-state index in [0.717, 1.165) is 21.7 Å². The number of carbonyl (C=O) groups is 1. The van der Waals surface area contributed by atoms with E-state index in [1.807, 2.05) is 48.0 Å². The summed E-state index contributed by atoms with van der Waals surface area (Å²) in [4.78, 5) is 17.3. The number of anilines is 2. The van der Waals surface area contributed by atoms with Crippen molar-refractivity contribution in [3.63, 3.8) is 0 Å². The zero-order valence-electron chi connectivity index (χ0n) is 11.3. The molecule has 0 atom stereocenters. The minimum Gasteiger partial charge on any atom is -0.399 e. The molecule has 0 unspecified atom stereocenters. The van der Waals surface area contributed by atoms with Crippen molar-refractivity contribution in [1.82, 2.24) is 4.98 Å². The first-order valence-corrected chi connectivity index (χ1v) is 8.06. The fraction of sp³-hybridized carbons (Fsp3) is 0.0667. The Labute approximate surface area is 130 Å². The summed E-state index contributed by atoms with van der Waals surface area (Å²) in [5.74, 6) is -0.115. The van der Waals surface area contributed by atoms with E-state index < -0.39 is 0 Å². The summed E-state index contributed by atoms with van der Waals surface area (Å²) in [6, 6.07) is 9.46. The van der Waals surface area contributed by atoms with Gasteiger partial charge < -0.3 is 5.73 Å². The first-order chi connectivity index (χ1) is 10.1. The van der Waals surface area contributed by atoms with Gasteiger partial charge in [0.1, 0.15) is 0 Å². The van der Waals surface area contributed by atoms with Crippen LogP contribution >= 0.6 is 22.7 Å². The van der Waals surface area contributed by atoms with E-state index in [4.69, 9.17) is 5.73 Å². The maximum Gasteiger partial charge on any atom is 0.267 e. The normalized spacial score (nSPS) is 10.5. The number of aromatic nitrogens is 1. The van der Waals surface area contributed by atoms with Crippen molar-refractivity contribution in [3.05, 3.63) is 51.5 Å². The fourth-order valence-electron chi connectivity index (χ4n) is 1.92. The molecule has 6 heteroatoms. The number of aryl methyl sites for hydroxylation is 1. The van der Waals surface area contributed by atoms with Gasteiger partial charge in [0, 0.05) is 16.6 Å². The van der Waals surface area contributed by atoms with E-state index in [1.165, 1.54) is 22.7 Å². The second kappa shape index (κ2) is 5.67. The highest BCUT2D eigenvalue weighted by molar-refractivity contribution is 7.14. The predicted molar refractivity (Wildman–Crippen MR) is 89.0 cm³/mol. The van der Waals surface area contributed by atoms with Crippen molar-refractivity contribution < 1.29 is 4.79 Å². The summed E-state index contributed by atoms with van der Waals surface area (Å²) in [5.41, 5.74) is 9.20. The van der Waals surface area contributed by atoms with Gasteiger partial charge in [0.15, 0.2) is 5.13 Å². The molecule has 3 aromatic rings. The Morgan fingerprint density at radius 2 is 2.14 bits per heavy atom. The minimum absolute atomic E-state index is 0.115. The van der Waals surface area contributed by atoms with Crippen LogP contribution in [0.15, 0.2) is 41.1 Å². The molecule has 106 valence electrons. The number of amides is 1. The maximum atomic E-state index is 12.1. The van der Waals surface area contributed by atoms with Gasteiger partial charge in [0.2, 0.25) is 0 Å². The average Bonchev–Trinajstić information content (AvgIpc) is 3.08. The summed E-state index contributed by atoms with van der Waals surface area (Å²) >= 11 is 2.83. The number of hydrogen-bond donors (Lipinski definition) is 2. The van der Waals surface area contributed by atoms with E-state index in [-0.39, 0.29) is 5.91 Å². The Hall–Kier alpha value is -2.18. The van der Waals surface area contributed by atoms with Crippen LogP contribution in [0, 0.1) is 6.92 Å². The molecule has 3 N–H and O–H groups in total. The lowest BCUT2D eigenvalue weighted by Gasteiger charge is -2.00. The molecule has 1 aromatic carbocycles. The number of hydrogen-bond acceptors (Lipinski definition) is 5. The number of thiazole rings is 1. The van der Waals surface area contributed by atoms with Crippen molar-refractivity contribution in [2.75, 3.05) is 11.1 Å². The molecule has 2 heterocycles. The first kappa shape index (κ1) is 13.8.